The van der Waals surface area contributed by atoms with Crippen LogP contribution in [0.2, 0.25) is 0 Å². The molecular weight excluding hydrogens is 310 g/mol. The third-order valence-electron chi connectivity index (χ3n) is 3.98. The standard InChI is InChI=1S/C17H31N3O4/c1-4-5-6-14(12-21)18-16(22)15(11-13(2)3)19-17(23)20-7-9-24-10-8-20/h12-15H,4-11H2,1-3H3,(H,18,22)(H,19,23)/t14?,15-/m0/s1. The average Bonchev–Trinajstić information content (AvgIpc) is 2.58. The molecule has 0 aromatic heterocycles. The molecule has 3 amide bonds. The number of amides is 3. The number of carbonyl (C=O) groups is 3. The first-order valence-corrected chi connectivity index (χ1v) is 8.86. The van der Waals surface area contributed by atoms with Crippen LogP contribution in [0, 0.1) is 5.92 Å². The summed E-state index contributed by atoms with van der Waals surface area (Å²) in [5.41, 5.74) is 0. The van der Waals surface area contributed by atoms with Crippen molar-refractivity contribution in [1.82, 2.24) is 15.5 Å². The number of urea groups is 1. The zero-order chi connectivity index (χ0) is 17.9. The summed E-state index contributed by atoms with van der Waals surface area (Å²) in [7, 11) is 0. The maximum atomic E-state index is 12.5. The van der Waals surface area contributed by atoms with E-state index in [2.05, 4.69) is 10.6 Å². The third-order valence-corrected chi connectivity index (χ3v) is 3.98. The Kier molecular flexibility index (Phi) is 9.37. The molecule has 0 aromatic carbocycles. The zero-order valence-electron chi connectivity index (χ0n) is 15.0. The highest BCUT2D eigenvalue weighted by atomic mass is 16.5. The summed E-state index contributed by atoms with van der Waals surface area (Å²) in [5, 5.41) is 5.56. The molecule has 0 aliphatic carbocycles. The van der Waals surface area contributed by atoms with Gasteiger partial charge in [-0.3, -0.25) is 4.79 Å². The number of rotatable bonds is 9. The van der Waals surface area contributed by atoms with E-state index in [-0.39, 0.29) is 17.9 Å². The minimum Gasteiger partial charge on any atom is -0.378 e. The lowest BCUT2D eigenvalue weighted by Gasteiger charge is -2.29. The lowest BCUT2D eigenvalue weighted by molar-refractivity contribution is -0.126. The molecule has 1 rings (SSSR count). The SMILES string of the molecule is CCCCC(C=O)NC(=O)[C@H](CC(C)C)NC(=O)N1CCOCC1. The largest absolute Gasteiger partial charge is 0.378 e. The quantitative estimate of drug-likeness (QED) is 0.619. The summed E-state index contributed by atoms with van der Waals surface area (Å²) in [5.74, 6) is -0.0467. The van der Waals surface area contributed by atoms with Crippen molar-refractivity contribution in [3.8, 4) is 0 Å². The lowest BCUT2D eigenvalue weighted by Crippen LogP contribution is -2.55. The van der Waals surface area contributed by atoms with Crippen LogP contribution in [0.25, 0.3) is 0 Å². The maximum absolute atomic E-state index is 12.5. The number of hydrogen-bond acceptors (Lipinski definition) is 4. The molecule has 1 heterocycles. The Hall–Kier alpha value is -1.63. The number of nitrogens with zero attached hydrogens (tertiary/aromatic N) is 1. The monoisotopic (exact) mass is 341 g/mol. The van der Waals surface area contributed by atoms with E-state index in [1.165, 1.54) is 0 Å². The fraction of sp³-hybridized carbons (Fsp3) is 0.824. The fourth-order valence-electron chi connectivity index (χ4n) is 2.59. The summed E-state index contributed by atoms with van der Waals surface area (Å²) in [6.07, 6.45) is 3.75. The molecule has 0 radical (unpaired) electrons. The fourth-order valence-corrected chi connectivity index (χ4v) is 2.59. The van der Waals surface area contributed by atoms with Gasteiger partial charge >= 0.3 is 6.03 Å². The van der Waals surface area contributed by atoms with Crippen molar-refractivity contribution in [2.75, 3.05) is 26.3 Å². The Balaban J connectivity index is 2.63. The second kappa shape index (κ2) is 11.0. The molecule has 1 unspecified atom stereocenters. The third kappa shape index (κ3) is 7.29. The van der Waals surface area contributed by atoms with Crippen molar-refractivity contribution >= 4 is 18.2 Å². The van der Waals surface area contributed by atoms with Crippen LogP contribution in [-0.2, 0) is 14.3 Å². The van der Waals surface area contributed by atoms with E-state index in [9.17, 15) is 14.4 Å². The van der Waals surface area contributed by atoms with E-state index < -0.39 is 12.1 Å². The molecule has 0 spiro atoms. The Bertz CT molecular complexity index is 409. The van der Waals surface area contributed by atoms with Crippen molar-refractivity contribution in [3.63, 3.8) is 0 Å². The average molecular weight is 341 g/mol. The molecule has 24 heavy (non-hydrogen) atoms. The van der Waals surface area contributed by atoms with Crippen LogP contribution >= 0.6 is 0 Å². The summed E-state index contributed by atoms with van der Waals surface area (Å²) in [4.78, 5) is 37.6. The van der Waals surface area contributed by atoms with Crippen LogP contribution in [0.3, 0.4) is 0 Å². The van der Waals surface area contributed by atoms with Gasteiger partial charge in [0.05, 0.1) is 19.3 Å². The van der Waals surface area contributed by atoms with Gasteiger partial charge in [-0.15, -0.1) is 0 Å². The summed E-state index contributed by atoms with van der Waals surface area (Å²) < 4.78 is 5.23. The van der Waals surface area contributed by atoms with Gasteiger partial charge in [0, 0.05) is 13.1 Å². The molecule has 7 nitrogen and oxygen atoms in total. The van der Waals surface area contributed by atoms with Gasteiger partial charge in [-0.2, -0.15) is 0 Å². The minimum absolute atomic E-state index is 0.246. The molecule has 2 N–H and O–H groups in total. The van der Waals surface area contributed by atoms with Crippen LogP contribution in [0.5, 0.6) is 0 Å². The summed E-state index contributed by atoms with van der Waals surface area (Å²) in [6, 6.07) is -1.38. The number of aldehydes is 1. The number of nitrogens with one attached hydrogen (secondary N) is 2. The first-order chi connectivity index (χ1) is 11.5. The van der Waals surface area contributed by atoms with Crippen LogP contribution in [0.15, 0.2) is 0 Å². The van der Waals surface area contributed by atoms with Crippen LogP contribution in [0.4, 0.5) is 4.79 Å². The molecule has 7 heteroatoms. The van der Waals surface area contributed by atoms with E-state index in [1.807, 2.05) is 20.8 Å². The van der Waals surface area contributed by atoms with Gasteiger partial charge < -0.3 is 25.1 Å². The molecule has 2 atom stereocenters. The lowest BCUT2D eigenvalue weighted by atomic mass is 10.0. The molecule has 1 aliphatic heterocycles. The first-order valence-electron chi connectivity index (χ1n) is 8.86. The van der Waals surface area contributed by atoms with Gasteiger partial charge in [-0.25, -0.2) is 4.79 Å². The Morgan fingerprint density at radius 3 is 2.42 bits per heavy atom. The minimum atomic E-state index is -0.635. The molecule has 1 fully saturated rings. The second-order valence-electron chi connectivity index (χ2n) is 6.62. The highest BCUT2D eigenvalue weighted by molar-refractivity contribution is 5.88. The van der Waals surface area contributed by atoms with Crippen molar-refractivity contribution in [1.29, 1.82) is 0 Å². The van der Waals surface area contributed by atoms with Gasteiger partial charge in [0.1, 0.15) is 12.3 Å². The molecular formula is C17H31N3O4. The maximum Gasteiger partial charge on any atom is 0.318 e. The van der Waals surface area contributed by atoms with E-state index in [0.717, 1.165) is 19.1 Å². The first kappa shape index (κ1) is 20.4. The second-order valence-corrected chi connectivity index (χ2v) is 6.62. The van der Waals surface area contributed by atoms with E-state index in [0.29, 0.717) is 39.1 Å². The van der Waals surface area contributed by atoms with Crippen molar-refractivity contribution in [2.24, 2.45) is 5.92 Å². The Morgan fingerprint density at radius 1 is 1.21 bits per heavy atom. The van der Waals surface area contributed by atoms with Gasteiger partial charge in [0.25, 0.3) is 0 Å². The van der Waals surface area contributed by atoms with E-state index in [4.69, 9.17) is 4.74 Å². The number of hydrogen-bond donors (Lipinski definition) is 2. The predicted octanol–water partition coefficient (Wildman–Crippen LogP) is 1.32. The van der Waals surface area contributed by atoms with Gasteiger partial charge in [0.2, 0.25) is 5.91 Å². The topological polar surface area (TPSA) is 87.7 Å². The molecule has 138 valence electrons. The Morgan fingerprint density at radius 2 is 1.88 bits per heavy atom. The summed E-state index contributed by atoms with van der Waals surface area (Å²) in [6.45, 7) is 8.10. The molecule has 1 aliphatic rings. The van der Waals surface area contributed by atoms with Gasteiger partial charge in [-0.05, 0) is 18.8 Å². The number of carbonyl (C=O) groups excluding carboxylic acids is 3. The Labute approximate surface area is 144 Å². The summed E-state index contributed by atoms with van der Waals surface area (Å²) >= 11 is 0. The van der Waals surface area contributed by atoms with Crippen LogP contribution < -0.4 is 10.6 Å². The predicted molar refractivity (Wildman–Crippen MR) is 91.7 cm³/mol. The molecule has 0 aromatic rings. The number of ether oxygens (including phenoxy) is 1. The number of unbranched alkanes of at least 4 members (excludes halogenated alkanes) is 1. The highest BCUT2D eigenvalue weighted by Crippen LogP contribution is 2.08. The van der Waals surface area contributed by atoms with E-state index in [1.54, 1.807) is 4.90 Å². The van der Waals surface area contributed by atoms with Gasteiger partial charge in [0.15, 0.2) is 0 Å². The van der Waals surface area contributed by atoms with Crippen molar-refractivity contribution in [2.45, 2.75) is 58.5 Å². The van der Waals surface area contributed by atoms with Crippen LogP contribution in [-0.4, -0.2) is 61.5 Å². The normalized spacial score (nSPS) is 17.2. The highest BCUT2D eigenvalue weighted by Gasteiger charge is 2.26. The van der Waals surface area contributed by atoms with Crippen molar-refractivity contribution in [3.05, 3.63) is 0 Å². The molecule has 1 saturated heterocycles. The molecule has 0 saturated carbocycles. The smallest absolute Gasteiger partial charge is 0.318 e. The number of morpholine rings is 1. The van der Waals surface area contributed by atoms with Gasteiger partial charge in [-0.1, -0.05) is 33.6 Å². The van der Waals surface area contributed by atoms with Crippen LogP contribution in [0.1, 0.15) is 46.5 Å². The zero-order valence-corrected chi connectivity index (χ0v) is 15.0. The van der Waals surface area contributed by atoms with E-state index >= 15 is 0 Å². The van der Waals surface area contributed by atoms with Crippen molar-refractivity contribution < 1.29 is 19.1 Å². The molecule has 0 bridgehead atoms.